The maximum Gasteiger partial charge on any atom is 0.238 e. The molecular formula is C37H39IN2O6. The SMILES string of the molecule is CCC/C(=C\c1cc(I)c(O)c(OC)c1)CC[C@H]1OC[C@H]2C1=C(CO)C[C@H]1C(=O)N(c3ccc(Nc4ccccc4)cc3)C(=O)[C@H]12. The fourth-order valence-corrected chi connectivity index (χ4v) is 7.86. The lowest BCUT2D eigenvalue weighted by Crippen LogP contribution is -2.35. The maximum absolute atomic E-state index is 13.9. The first kappa shape index (κ1) is 32.3. The van der Waals surface area contributed by atoms with E-state index in [2.05, 4.69) is 40.9 Å². The number of nitrogens with zero attached hydrogens (tertiary/aromatic N) is 1. The third-order valence-electron chi connectivity index (χ3n) is 9.33. The molecule has 2 amide bonds. The fourth-order valence-electron chi connectivity index (χ4n) is 7.23. The normalized spacial score (nSPS) is 22.7. The molecule has 6 rings (SSSR count). The average molecular weight is 735 g/mol. The Labute approximate surface area is 283 Å². The Kier molecular flexibility index (Phi) is 9.81. The second kappa shape index (κ2) is 14.0. The number of fused-ring (bicyclic) bond motifs is 3. The Balaban J connectivity index is 1.18. The van der Waals surface area contributed by atoms with Gasteiger partial charge in [0.15, 0.2) is 11.5 Å². The van der Waals surface area contributed by atoms with Gasteiger partial charge >= 0.3 is 0 Å². The van der Waals surface area contributed by atoms with E-state index in [1.165, 1.54) is 10.5 Å². The number of phenolic OH excluding ortho intramolecular Hbond substituents is 1. The number of carbonyl (C=O) groups excluding carboxylic acids is 2. The van der Waals surface area contributed by atoms with Crippen molar-refractivity contribution >= 4 is 57.5 Å². The number of hydrogen-bond acceptors (Lipinski definition) is 7. The van der Waals surface area contributed by atoms with Gasteiger partial charge < -0.3 is 25.0 Å². The quantitative estimate of drug-likeness (QED) is 0.109. The van der Waals surface area contributed by atoms with Crippen molar-refractivity contribution in [1.29, 1.82) is 0 Å². The zero-order valence-electron chi connectivity index (χ0n) is 26.0. The minimum absolute atomic E-state index is 0.136. The van der Waals surface area contributed by atoms with Crippen LogP contribution in [0.5, 0.6) is 11.5 Å². The number of aromatic hydroxyl groups is 1. The van der Waals surface area contributed by atoms with Gasteiger partial charge in [0.25, 0.3) is 0 Å². The van der Waals surface area contributed by atoms with Crippen molar-refractivity contribution < 1.29 is 29.3 Å². The van der Waals surface area contributed by atoms with E-state index in [1.807, 2.05) is 54.6 Å². The smallest absolute Gasteiger partial charge is 0.238 e. The number of imide groups is 1. The lowest BCUT2D eigenvalue weighted by Gasteiger charge is -2.31. The number of ether oxygens (including phenoxy) is 2. The van der Waals surface area contributed by atoms with Crippen LogP contribution in [-0.2, 0) is 14.3 Å². The Bertz CT molecular complexity index is 1670. The number of amides is 2. The number of phenols is 1. The van der Waals surface area contributed by atoms with Gasteiger partial charge in [0.1, 0.15) is 0 Å². The van der Waals surface area contributed by atoms with Crippen LogP contribution in [0.25, 0.3) is 6.08 Å². The predicted octanol–water partition coefficient (Wildman–Crippen LogP) is 7.23. The molecule has 3 aromatic carbocycles. The summed E-state index contributed by atoms with van der Waals surface area (Å²) in [6.45, 7) is 2.35. The van der Waals surface area contributed by atoms with E-state index in [0.29, 0.717) is 30.9 Å². The Hall–Kier alpha value is -3.67. The molecule has 2 aliphatic heterocycles. The second-order valence-corrected chi connectivity index (χ2v) is 13.3. The number of allylic oxidation sites excluding steroid dienone is 1. The van der Waals surface area contributed by atoms with E-state index in [-0.39, 0.29) is 36.2 Å². The molecule has 0 radical (unpaired) electrons. The molecule has 2 fully saturated rings. The molecule has 3 N–H and O–H groups in total. The maximum atomic E-state index is 13.9. The number of rotatable bonds is 11. The van der Waals surface area contributed by atoms with Crippen molar-refractivity contribution in [2.24, 2.45) is 17.8 Å². The van der Waals surface area contributed by atoms with Gasteiger partial charge in [-0.1, -0.05) is 43.2 Å². The number of methoxy groups -OCH3 is 1. The van der Waals surface area contributed by atoms with Crippen LogP contribution in [0.3, 0.4) is 0 Å². The van der Waals surface area contributed by atoms with Gasteiger partial charge in [0, 0.05) is 17.3 Å². The molecule has 0 aromatic heterocycles. The third-order valence-corrected chi connectivity index (χ3v) is 10.1. The summed E-state index contributed by atoms with van der Waals surface area (Å²) in [6.07, 6.45) is 5.69. The summed E-state index contributed by atoms with van der Waals surface area (Å²) in [6, 6.07) is 20.9. The number of hydrogen-bond donors (Lipinski definition) is 3. The minimum Gasteiger partial charge on any atom is -0.504 e. The summed E-state index contributed by atoms with van der Waals surface area (Å²) < 4.78 is 12.4. The summed E-state index contributed by atoms with van der Waals surface area (Å²) in [5, 5.41) is 24.0. The summed E-state index contributed by atoms with van der Waals surface area (Å²) >= 11 is 2.10. The molecule has 46 heavy (non-hydrogen) atoms. The standard InChI is InChI=1S/C37H39IN2O6/c1-3-7-22(16-23-17-30(38)35(42)32(18-23)45-2)10-15-31-33-24(20-41)19-28-34(29(33)21-46-31)37(44)40(36(28)43)27-13-11-26(12-14-27)39-25-8-5-4-6-9-25/h4-6,8-9,11-14,16-18,28-29,31,34,39,41-42H,3,7,10,15,19-21H2,1-2H3/b22-16+/t28-,29+,31-,34-/m1/s1. The first-order valence-corrected chi connectivity index (χ1v) is 16.9. The lowest BCUT2D eigenvalue weighted by molar-refractivity contribution is -0.122. The van der Waals surface area contributed by atoms with Gasteiger partial charge in [-0.15, -0.1) is 0 Å². The molecule has 9 heteroatoms. The number of halogens is 1. The number of para-hydroxylation sites is 1. The van der Waals surface area contributed by atoms with Crippen LogP contribution in [-0.4, -0.2) is 48.5 Å². The van der Waals surface area contributed by atoms with Crippen molar-refractivity contribution in [1.82, 2.24) is 0 Å². The van der Waals surface area contributed by atoms with Gasteiger partial charge in [0.05, 0.1) is 47.5 Å². The van der Waals surface area contributed by atoms with Crippen LogP contribution in [0.2, 0.25) is 0 Å². The van der Waals surface area contributed by atoms with Crippen LogP contribution in [0.4, 0.5) is 17.1 Å². The van der Waals surface area contributed by atoms with E-state index in [4.69, 9.17) is 9.47 Å². The highest BCUT2D eigenvalue weighted by atomic mass is 127. The largest absolute Gasteiger partial charge is 0.504 e. The molecule has 8 nitrogen and oxygen atoms in total. The molecular weight excluding hydrogens is 695 g/mol. The van der Waals surface area contributed by atoms with E-state index < -0.39 is 11.8 Å². The van der Waals surface area contributed by atoms with Crippen LogP contribution < -0.4 is 15.0 Å². The van der Waals surface area contributed by atoms with Crippen molar-refractivity contribution in [2.75, 3.05) is 30.5 Å². The molecule has 1 aliphatic carbocycles. The fraction of sp³-hybridized carbons (Fsp3) is 0.351. The molecule has 4 atom stereocenters. The zero-order chi connectivity index (χ0) is 32.4. The summed E-state index contributed by atoms with van der Waals surface area (Å²) in [4.78, 5) is 29.0. The van der Waals surface area contributed by atoms with Crippen molar-refractivity contribution in [3.63, 3.8) is 0 Å². The number of nitrogens with one attached hydrogen (secondary N) is 1. The van der Waals surface area contributed by atoms with Crippen LogP contribution in [0.15, 0.2) is 83.4 Å². The third kappa shape index (κ3) is 6.32. The predicted molar refractivity (Wildman–Crippen MR) is 187 cm³/mol. The first-order valence-electron chi connectivity index (χ1n) is 15.8. The van der Waals surface area contributed by atoms with Gasteiger partial charge in [0.2, 0.25) is 11.8 Å². The Morgan fingerprint density at radius 1 is 1.04 bits per heavy atom. The van der Waals surface area contributed by atoms with E-state index in [1.54, 1.807) is 19.2 Å². The Morgan fingerprint density at radius 3 is 2.48 bits per heavy atom. The number of anilines is 3. The summed E-state index contributed by atoms with van der Waals surface area (Å²) in [5.74, 6) is -1.05. The van der Waals surface area contributed by atoms with Crippen molar-refractivity contribution in [3.8, 4) is 11.5 Å². The highest BCUT2D eigenvalue weighted by molar-refractivity contribution is 14.1. The monoisotopic (exact) mass is 734 g/mol. The topological polar surface area (TPSA) is 108 Å². The first-order chi connectivity index (χ1) is 22.3. The minimum atomic E-state index is -0.504. The molecule has 0 unspecified atom stereocenters. The highest BCUT2D eigenvalue weighted by Crippen LogP contribution is 2.50. The van der Waals surface area contributed by atoms with E-state index in [0.717, 1.165) is 50.9 Å². The van der Waals surface area contributed by atoms with Gasteiger partial charge in [-0.3, -0.25) is 14.5 Å². The summed E-state index contributed by atoms with van der Waals surface area (Å²) in [7, 11) is 1.54. The molecule has 3 aliphatic rings. The van der Waals surface area contributed by atoms with Crippen molar-refractivity contribution in [3.05, 3.63) is 92.6 Å². The summed E-state index contributed by atoms with van der Waals surface area (Å²) in [5.41, 5.74) is 6.42. The Morgan fingerprint density at radius 2 is 1.78 bits per heavy atom. The van der Waals surface area contributed by atoms with Crippen LogP contribution in [0, 0.1) is 21.3 Å². The molecule has 0 spiro atoms. The van der Waals surface area contributed by atoms with Gasteiger partial charge in [-0.2, -0.15) is 0 Å². The molecule has 3 aromatic rings. The molecule has 0 saturated carbocycles. The second-order valence-electron chi connectivity index (χ2n) is 12.2. The molecule has 240 valence electrons. The highest BCUT2D eigenvalue weighted by Gasteiger charge is 2.57. The lowest BCUT2D eigenvalue weighted by atomic mass is 9.69. The van der Waals surface area contributed by atoms with Crippen LogP contribution >= 0.6 is 22.6 Å². The molecule has 0 bridgehead atoms. The number of aliphatic hydroxyl groups is 1. The number of benzene rings is 3. The van der Waals surface area contributed by atoms with Crippen LogP contribution in [0.1, 0.15) is 44.6 Å². The van der Waals surface area contributed by atoms with Gasteiger partial charge in [-0.05, 0) is 114 Å². The molecule has 2 heterocycles. The average Bonchev–Trinajstić information content (AvgIpc) is 3.60. The van der Waals surface area contributed by atoms with E-state index in [9.17, 15) is 19.8 Å². The number of aliphatic hydroxyl groups excluding tert-OH is 1. The molecule has 2 saturated heterocycles. The van der Waals surface area contributed by atoms with Crippen molar-refractivity contribution in [2.45, 2.75) is 45.1 Å². The zero-order valence-corrected chi connectivity index (χ0v) is 28.2. The number of carbonyl (C=O) groups is 2. The van der Waals surface area contributed by atoms with E-state index >= 15 is 0 Å². The van der Waals surface area contributed by atoms with Gasteiger partial charge in [-0.25, -0.2) is 0 Å².